The summed E-state index contributed by atoms with van der Waals surface area (Å²) in [7, 11) is 0. The van der Waals surface area contributed by atoms with Gasteiger partial charge in [-0.1, -0.05) is 24.3 Å². The molecule has 0 aliphatic carbocycles. The third-order valence-electron chi connectivity index (χ3n) is 4.32. The Balaban J connectivity index is 0.00000420. The number of rotatable bonds is 10. The lowest BCUT2D eigenvalue weighted by atomic mass is 10.00. The predicted molar refractivity (Wildman–Crippen MR) is 109 cm³/mol. The Morgan fingerprint density at radius 2 is 1.69 bits per heavy atom. The van der Waals surface area contributed by atoms with Crippen LogP contribution < -0.4 is 11.1 Å². The minimum absolute atomic E-state index is 0. The van der Waals surface area contributed by atoms with E-state index in [-0.39, 0.29) is 31.4 Å². The van der Waals surface area contributed by atoms with Crippen molar-refractivity contribution in [1.82, 2.24) is 10.2 Å². The van der Waals surface area contributed by atoms with Crippen LogP contribution in [-0.2, 0) is 25.6 Å². The molecule has 1 aliphatic heterocycles. The van der Waals surface area contributed by atoms with E-state index in [1.807, 2.05) is 19.1 Å². The quantitative estimate of drug-likeness (QED) is 0.384. The van der Waals surface area contributed by atoms with Gasteiger partial charge in [0.25, 0.3) is 11.8 Å². The van der Waals surface area contributed by atoms with Gasteiger partial charge < -0.3 is 16.2 Å². The number of carbonyl (C=O) groups excluding carboxylic acids is 3. The van der Waals surface area contributed by atoms with Crippen molar-refractivity contribution in [3.63, 3.8) is 0 Å². The molecule has 4 N–H and O–H groups in total. The van der Waals surface area contributed by atoms with Crippen LogP contribution in [0.15, 0.2) is 36.4 Å². The van der Waals surface area contributed by atoms with Crippen LogP contribution in [0.2, 0.25) is 0 Å². The molecule has 8 nitrogen and oxygen atoms in total. The minimum Gasteiger partial charge on any atom is -0.481 e. The van der Waals surface area contributed by atoms with Gasteiger partial charge in [-0.15, -0.1) is 12.4 Å². The molecule has 158 valence electrons. The second-order valence-corrected chi connectivity index (χ2v) is 6.85. The molecule has 1 heterocycles. The van der Waals surface area contributed by atoms with E-state index in [0.717, 1.165) is 22.6 Å². The van der Waals surface area contributed by atoms with Crippen molar-refractivity contribution in [3.8, 4) is 0 Å². The summed E-state index contributed by atoms with van der Waals surface area (Å²) in [6.45, 7) is 2.15. The molecule has 1 aromatic carbocycles. The number of nitrogens with two attached hydrogens (primary N) is 1. The number of nitrogens with one attached hydrogen (secondary N) is 1. The second-order valence-electron chi connectivity index (χ2n) is 6.85. The van der Waals surface area contributed by atoms with Gasteiger partial charge in [-0.3, -0.25) is 24.1 Å². The summed E-state index contributed by atoms with van der Waals surface area (Å²) >= 11 is 0. The predicted octanol–water partition coefficient (Wildman–Crippen LogP) is 1.34. The van der Waals surface area contributed by atoms with Crippen LogP contribution in [0.25, 0.3) is 0 Å². The Bertz CT molecular complexity index is 759. The molecule has 0 saturated heterocycles. The first-order valence-electron chi connectivity index (χ1n) is 9.18. The zero-order valence-electron chi connectivity index (χ0n) is 16.2. The average molecular weight is 424 g/mol. The Kier molecular flexibility index (Phi) is 9.50. The van der Waals surface area contributed by atoms with E-state index in [1.54, 1.807) is 12.1 Å². The van der Waals surface area contributed by atoms with E-state index >= 15 is 0 Å². The summed E-state index contributed by atoms with van der Waals surface area (Å²) in [4.78, 5) is 48.5. The lowest BCUT2D eigenvalue weighted by Crippen LogP contribution is -2.43. The fourth-order valence-corrected chi connectivity index (χ4v) is 3.00. The third kappa shape index (κ3) is 6.99. The molecule has 2 rings (SSSR count). The normalized spacial score (nSPS) is 15.0. The zero-order valence-corrected chi connectivity index (χ0v) is 17.0. The SMILES string of the molecule is CC(N)Cc1ccc(C(C(=O)NCCCCC(=O)O)N2C(=O)C=CC2=O)cc1.Cl. The number of nitrogens with zero attached hydrogens (tertiary/aromatic N) is 1. The first-order chi connectivity index (χ1) is 13.3. The largest absolute Gasteiger partial charge is 0.481 e. The maximum atomic E-state index is 12.8. The maximum Gasteiger partial charge on any atom is 0.303 e. The summed E-state index contributed by atoms with van der Waals surface area (Å²) in [6.07, 6.45) is 3.88. The number of hydrogen-bond acceptors (Lipinski definition) is 5. The molecule has 1 aliphatic rings. The van der Waals surface area contributed by atoms with Crippen molar-refractivity contribution in [2.24, 2.45) is 5.73 Å². The van der Waals surface area contributed by atoms with Crippen LogP contribution in [0, 0.1) is 0 Å². The molecule has 9 heteroatoms. The number of halogens is 1. The molecule has 0 spiro atoms. The van der Waals surface area contributed by atoms with Gasteiger partial charge in [-0.25, -0.2) is 0 Å². The Labute approximate surface area is 175 Å². The van der Waals surface area contributed by atoms with Crippen LogP contribution >= 0.6 is 12.4 Å². The molecule has 0 aromatic heterocycles. The van der Waals surface area contributed by atoms with Gasteiger partial charge in [0.1, 0.15) is 6.04 Å². The van der Waals surface area contributed by atoms with Crippen molar-refractivity contribution in [1.29, 1.82) is 0 Å². The number of unbranched alkanes of at least 4 members (excludes halogenated alkanes) is 1. The van der Waals surface area contributed by atoms with Crippen LogP contribution in [0.5, 0.6) is 0 Å². The van der Waals surface area contributed by atoms with E-state index in [2.05, 4.69) is 5.32 Å². The van der Waals surface area contributed by atoms with Gasteiger partial charge in [0.2, 0.25) is 5.91 Å². The Morgan fingerprint density at radius 3 is 2.21 bits per heavy atom. The number of imide groups is 1. The molecule has 29 heavy (non-hydrogen) atoms. The summed E-state index contributed by atoms with van der Waals surface area (Å²) in [6, 6.07) is 5.98. The lowest BCUT2D eigenvalue weighted by Gasteiger charge is -2.26. The smallest absolute Gasteiger partial charge is 0.303 e. The van der Waals surface area contributed by atoms with Crippen LogP contribution in [0.4, 0.5) is 0 Å². The summed E-state index contributed by atoms with van der Waals surface area (Å²) in [5.41, 5.74) is 7.30. The number of amides is 3. The fourth-order valence-electron chi connectivity index (χ4n) is 3.00. The number of carboxylic acid groups (broad SMARTS) is 1. The molecule has 2 atom stereocenters. The minimum atomic E-state index is -1.08. The molecular weight excluding hydrogens is 398 g/mol. The first kappa shape index (κ1) is 24.3. The van der Waals surface area contributed by atoms with E-state index in [1.165, 1.54) is 0 Å². The standard InChI is InChI=1S/C20H25N3O5.ClH/c1-13(21)12-14-5-7-15(8-6-14)19(23-16(24)9-10-17(23)25)20(28)22-11-3-2-4-18(26)27;/h5-10,13,19H,2-4,11-12,21H2,1H3,(H,22,28)(H,26,27);1H. The van der Waals surface area contributed by atoms with E-state index < -0.39 is 29.7 Å². The van der Waals surface area contributed by atoms with Crippen LogP contribution in [0.3, 0.4) is 0 Å². The zero-order chi connectivity index (χ0) is 20.7. The van der Waals surface area contributed by atoms with Gasteiger partial charge in [-0.2, -0.15) is 0 Å². The highest BCUT2D eigenvalue weighted by Crippen LogP contribution is 2.25. The number of carbonyl (C=O) groups is 4. The summed E-state index contributed by atoms with van der Waals surface area (Å²) in [5, 5.41) is 11.3. The Hall–Kier alpha value is -2.71. The molecule has 0 radical (unpaired) electrons. The third-order valence-corrected chi connectivity index (χ3v) is 4.32. The highest BCUT2D eigenvalue weighted by molar-refractivity contribution is 6.15. The molecule has 0 fully saturated rings. The van der Waals surface area contributed by atoms with Crippen molar-refractivity contribution in [3.05, 3.63) is 47.5 Å². The molecule has 0 bridgehead atoms. The van der Waals surface area contributed by atoms with Crippen molar-refractivity contribution < 1.29 is 24.3 Å². The number of carboxylic acids is 1. The van der Waals surface area contributed by atoms with E-state index in [0.29, 0.717) is 24.8 Å². The van der Waals surface area contributed by atoms with Gasteiger partial charge in [0.05, 0.1) is 0 Å². The van der Waals surface area contributed by atoms with Gasteiger partial charge in [0.15, 0.2) is 0 Å². The van der Waals surface area contributed by atoms with E-state index in [4.69, 9.17) is 10.8 Å². The number of benzene rings is 1. The highest BCUT2D eigenvalue weighted by atomic mass is 35.5. The van der Waals surface area contributed by atoms with Crippen LogP contribution in [0.1, 0.15) is 43.4 Å². The molecule has 1 aromatic rings. The van der Waals surface area contributed by atoms with Gasteiger partial charge >= 0.3 is 5.97 Å². The Morgan fingerprint density at radius 1 is 1.10 bits per heavy atom. The number of aliphatic carboxylic acids is 1. The topological polar surface area (TPSA) is 130 Å². The van der Waals surface area contributed by atoms with Crippen LogP contribution in [-0.4, -0.2) is 46.3 Å². The fraction of sp³-hybridized carbons (Fsp3) is 0.400. The number of hydrogen-bond donors (Lipinski definition) is 3. The molecule has 2 unspecified atom stereocenters. The highest BCUT2D eigenvalue weighted by Gasteiger charge is 2.36. The van der Waals surface area contributed by atoms with Crippen molar-refractivity contribution in [2.45, 2.75) is 44.7 Å². The summed E-state index contributed by atoms with van der Waals surface area (Å²) < 4.78 is 0. The molecular formula is C20H26ClN3O5. The maximum absolute atomic E-state index is 12.8. The lowest BCUT2D eigenvalue weighted by molar-refractivity contribution is -0.145. The molecule has 0 saturated carbocycles. The molecule has 3 amide bonds. The monoisotopic (exact) mass is 423 g/mol. The van der Waals surface area contributed by atoms with E-state index in [9.17, 15) is 19.2 Å². The first-order valence-corrected chi connectivity index (χ1v) is 9.18. The second kappa shape index (κ2) is 11.3. The summed E-state index contributed by atoms with van der Waals surface area (Å²) in [5.74, 6) is -2.47. The van der Waals surface area contributed by atoms with Gasteiger partial charge in [-0.05, 0) is 37.3 Å². The average Bonchev–Trinajstić information content (AvgIpc) is 2.95. The van der Waals surface area contributed by atoms with Gasteiger partial charge in [0, 0.05) is 31.2 Å². The van der Waals surface area contributed by atoms with Crippen molar-refractivity contribution >= 4 is 36.1 Å². The van der Waals surface area contributed by atoms with Crippen molar-refractivity contribution in [2.75, 3.05) is 6.54 Å².